The number of rotatable bonds is 8. The molecule has 2 aromatic heterocycles. The van der Waals surface area contributed by atoms with Gasteiger partial charge in [-0.2, -0.15) is 4.39 Å². The van der Waals surface area contributed by atoms with Crippen molar-refractivity contribution >= 4 is 22.0 Å². The normalized spacial score (nSPS) is 11.3. The third kappa shape index (κ3) is 4.89. The summed E-state index contributed by atoms with van der Waals surface area (Å²) in [6.07, 6.45) is 0.585. The number of carbonyl (C=O) groups excluding carboxylic acids is 1. The Morgan fingerprint density at radius 3 is 2.59 bits per heavy atom. The van der Waals surface area contributed by atoms with Crippen LogP contribution in [0.3, 0.4) is 0 Å². The third-order valence-corrected chi connectivity index (χ3v) is 6.44. The van der Waals surface area contributed by atoms with E-state index in [0.29, 0.717) is 3.97 Å². The molecule has 2 heterocycles. The van der Waals surface area contributed by atoms with Gasteiger partial charge in [0.05, 0.1) is 23.6 Å². The summed E-state index contributed by atoms with van der Waals surface area (Å²) in [6, 6.07) is 7.28. The molecule has 13 heteroatoms. The Morgan fingerprint density at radius 1 is 1.21 bits per heavy atom. The van der Waals surface area contributed by atoms with Crippen molar-refractivity contribution in [2.75, 3.05) is 20.2 Å². The fourth-order valence-electron chi connectivity index (χ4n) is 3.12. The van der Waals surface area contributed by atoms with Crippen molar-refractivity contribution < 1.29 is 37.0 Å². The first kappa shape index (κ1) is 24.8. The quantitative estimate of drug-likeness (QED) is 0.406. The van der Waals surface area contributed by atoms with Gasteiger partial charge in [0.25, 0.3) is 15.9 Å². The molecule has 3 N–H and O–H groups in total. The van der Waals surface area contributed by atoms with Gasteiger partial charge in [-0.1, -0.05) is 6.07 Å². The molecule has 34 heavy (non-hydrogen) atoms. The molecule has 10 nitrogen and oxygen atoms in total. The van der Waals surface area contributed by atoms with Crippen LogP contribution < -0.4 is 5.32 Å². The fourth-order valence-corrected chi connectivity index (χ4v) is 4.56. The van der Waals surface area contributed by atoms with Gasteiger partial charge in [0.1, 0.15) is 5.69 Å². The molecule has 0 aliphatic rings. The lowest BCUT2D eigenvalue weighted by Crippen LogP contribution is -2.26. The summed E-state index contributed by atoms with van der Waals surface area (Å²) in [4.78, 5) is 27.1. The number of aliphatic hydroxyl groups is 1. The predicted molar refractivity (Wildman–Crippen MR) is 116 cm³/mol. The van der Waals surface area contributed by atoms with Gasteiger partial charge in [-0.3, -0.25) is 4.79 Å². The van der Waals surface area contributed by atoms with Crippen LogP contribution in [0.5, 0.6) is 0 Å². The van der Waals surface area contributed by atoms with E-state index in [0.717, 1.165) is 36.5 Å². The monoisotopic (exact) mass is 494 g/mol. The summed E-state index contributed by atoms with van der Waals surface area (Å²) < 4.78 is 57.3. The first-order chi connectivity index (χ1) is 16.1. The zero-order chi connectivity index (χ0) is 25.0. The maximum absolute atomic E-state index is 15.4. The third-order valence-electron chi connectivity index (χ3n) is 4.78. The number of halogens is 2. The number of pyridine rings is 1. The van der Waals surface area contributed by atoms with Gasteiger partial charge in [-0.25, -0.2) is 26.6 Å². The SMILES string of the molecule is CN(Cc1cn(S(=O)(=O)c2cccc(C(=O)NCCO)c2)c(-c2cccnc2F)c1F)C(=O)O. The Labute approximate surface area is 193 Å². The average molecular weight is 494 g/mol. The molecular formula is C21H20F2N4O6S. The Bertz CT molecular complexity index is 1340. The summed E-state index contributed by atoms with van der Waals surface area (Å²) in [5.74, 6) is -2.92. The molecule has 0 saturated heterocycles. The van der Waals surface area contributed by atoms with Crippen LogP contribution in [0.2, 0.25) is 0 Å². The van der Waals surface area contributed by atoms with Gasteiger partial charge in [-0.05, 0) is 30.3 Å². The Hall–Kier alpha value is -3.84. The average Bonchev–Trinajstić information content (AvgIpc) is 3.14. The van der Waals surface area contributed by atoms with Crippen molar-refractivity contribution in [3.8, 4) is 11.3 Å². The van der Waals surface area contributed by atoms with Gasteiger partial charge in [0, 0.05) is 37.1 Å². The number of nitrogens with one attached hydrogen (secondary N) is 1. The summed E-state index contributed by atoms with van der Waals surface area (Å²) >= 11 is 0. The van der Waals surface area contributed by atoms with Crippen LogP contribution in [0.25, 0.3) is 11.3 Å². The molecule has 180 valence electrons. The van der Waals surface area contributed by atoms with Gasteiger partial charge < -0.3 is 20.4 Å². The van der Waals surface area contributed by atoms with Crippen LogP contribution in [0, 0.1) is 11.8 Å². The van der Waals surface area contributed by atoms with E-state index in [1.165, 1.54) is 24.3 Å². The zero-order valence-electron chi connectivity index (χ0n) is 17.8. The van der Waals surface area contributed by atoms with Crippen molar-refractivity contribution in [2.45, 2.75) is 11.4 Å². The number of aliphatic hydroxyl groups excluding tert-OH is 1. The Balaban J connectivity index is 2.19. The summed E-state index contributed by atoms with van der Waals surface area (Å²) in [5.41, 5.74) is -1.48. The molecular weight excluding hydrogens is 474 g/mol. The second kappa shape index (κ2) is 9.97. The molecule has 1 aromatic carbocycles. The number of hydrogen-bond acceptors (Lipinski definition) is 6. The van der Waals surface area contributed by atoms with Crippen molar-refractivity contribution in [3.63, 3.8) is 0 Å². The van der Waals surface area contributed by atoms with Crippen molar-refractivity contribution in [3.05, 3.63) is 71.7 Å². The number of amides is 2. The molecule has 0 spiro atoms. The standard InChI is InChI=1S/C21H20F2N4O6S/c1-26(21(30)31)11-14-12-27(18(17(14)22)16-6-3-7-24-19(16)23)34(32,33)15-5-2-4-13(10-15)20(29)25-8-9-28/h2-7,10,12,28H,8-9,11H2,1H3,(H,25,29)(H,30,31). The van der Waals surface area contributed by atoms with Crippen molar-refractivity contribution in [1.29, 1.82) is 0 Å². The van der Waals surface area contributed by atoms with Crippen LogP contribution >= 0.6 is 0 Å². The highest BCUT2D eigenvalue weighted by molar-refractivity contribution is 7.90. The number of carbonyl (C=O) groups is 2. The van der Waals surface area contributed by atoms with Gasteiger partial charge in [0.2, 0.25) is 5.95 Å². The van der Waals surface area contributed by atoms with Crippen molar-refractivity contribution in [1.82, 2.24) is 19.2 Å². The lowest BCUT2D eigenvalue weighted by molar-refractivity contribution is 0.0944. The predicted octanol–water partition coefficient (Wildman–Crippen LogP) is 1.90. The molecule has 2 amide bonds. The van der Waals surface area contributed by atoms with Crippen LogP contribution in [0.15, 0.2) is 53.7 Å². The van der Waals surface area contributed by atoms with E-state index in [2.05, 4.69) is 10.3 Å². The van der Waals surface area contributed by atoms with Crippen molar-refractivity contribution in [2.24, 2.45) is 0 Å². The fraction of sp³-hybridized carbons (Fsp3) is 0.190. The zero-order valence-corrected chi connectivity index (χ0v) is 18.6. The van der Waals surface area contributed by atoms with E-state index in [4.69, 9.17) is 10.2 Å². The second-order valence-corrected chi connectivity index (χ2v) is 8.92. The van der Waals surface area contributed by atoms with Gasteiger partial charge in [0.15, 0.2) is 5.82 Å². The molecule has 0 bridgehead atoms. The Morgan fingerprint density at radius 2 is 1.94 bits per heavy atom. The maximum atomic E-state index is 15.4. The topological polar surface area (TPSA) is 142 Å². The lowest BCUT2D eigenvalue weighted by atomic mass is 10.2. The minimum absolute atomic E-state index is 0.0397. The molecule has 0 radical (unpaired) electrons. The molecule has 0 saturated carbocycles. The highest BCUT2D eigenvalue weighted by atomic mass is 32.2. The molecule has 3 rings (SSSR count). The molecule has 0 unspecified atom stereocenters. The number of nitrogens with zero attached hydrogens (tertiary/aromatic N) is 3. The first-order valence-electron chi connectivity index (χ1n) is 9.77. The molecule has 0 fully saturated rings. The number of benzene rings is 1. The number of carboxylic acid groups (broad SMARTS) is 1. The molecule has 0 aliphatic heterocycles. The summed E-state index contributed by atoms with van der Waals surface area (Å²) in [6.45, 7) is -0.883. The first-order valence-corrected chi connectivity index (χ1v) is 11.2. The van der Waals surface area contributed by atoms with E-state index in [1.54, 1.807) is 0 Å². The van der Waals surface area contributed by atoms with Crippen LogP contribution in [-0.4, -0.2) is 64.7 Å². The lowest BCUT2D eigenvalue weighted by Gasteiger charge is -2.12. The second-order valence-electron chi connectivity index (χ2n) is 7.11. The highest BCUT2D eigenvalue weighted by Gasteiger charge is 2.29. The smallest absolute Gasteiger partial charge is 0.407 e. The summed E-state index contributed by atoms with van der Waals surface area (Å²) in [5, 5.41) is 20.4. The van der Waals surface area contributed by atoms with E-state index < -0.39 is 56.5 Å². The van der Waals surface area contributed by atoms with Crippen LogP contribution in [0.4, 0.5) is 13.6 Å². The molecule has 0 aliphatic carbocycles. The molecule has 3 aromatic rings. The van der Waals surface area contributed by atoms with E-state index in [-0.39, 0.29) is 24.3 Å². The maximum Gasteiger partial charge on any atom is 0.407 e. The molecule has 0 atom stereocenters. The van der Waals surface area contributed by atoms with Crippen LogP contribution in [-0.2, 0) is 16.6 Å². The van der Waals surface area contributed by atoms with Gasteiger partial charge >= 0.3 is 6.09 Å². The Kier molecular flexibility index (Phi) is 7.27. The minimum Gasteiger partial charge on any atom is -0.465 e. The number of aromatic nitrogens is 2. The highest BCUT2D eigenvalue weighted by Crippen LogP contribution is 2.32. The minimum atomic E-state index is -4.58. The van der Waals surface area contributed by atoms with E-state index in [9.17, 15) is 22.4 Å². The van der Waals surface area contributed by atoms with Gasteiger partial charge in [-0.15, -0.1) is 0 Å². The number of hydrogen-bond donors (Lipinski definition) is 3. The van der Waals surface area contributed by atoms with E-state index in [1.807, 2.05) is 0 Å². The van der Waals surface area contributed by atoms with E-state index >= 15 is 4.39 Å². The van der Waals surface area contributed by atoms with Crippen LogP contribution in [0.1, 0.15) is 15.9 Å². The summed E-state index contributed by atoms with van der Waals surface area (Å²) in [7, 11) is -3.42. The largest absolute Gasteiger partial charge is 0.465 e.